The second-order valence-electron chi connectivity index (χ2n) is 7.61. The van der Waals surface area contributed by atoms with Crippen LogP contribution in [0.2, 0.25) is 0 Å². The van der Waals surface area contributed by atoms with Gasteiger partial charge in [0.15, 0.2) is 5.11 Å². The summed E-state index contributed by atoms with van der Waals surface area (Å²) in [6.45, 7) is 4.27. The minimum absolute atomic E-state index is 0.0475. The molecule has 2 aliphatic rings. The molecule has 3 aromatic rings. The molecule has 1 fully saturated rings. The predicted octanol–water partition coefficient (Wildman–Crippen LogP) is 4.72. The number of benzene rings is 2. The van der Waals surface area contributed by atoms with Gasteiger partial charge in [-0.05, 0) is 62.0 Å². The van der Waals surface area contributed by atoms with Crippen molar-refractivity contribution in [3.8, 4) is 0 Å². The molecule has 1 N–H and O–H groups in total. The first kappa shape index (κ1) is 17.0. The van der Waals surface area contributed by atoms with Crippen molar-refractivity contribution >= 4 is 55.8 Å². The van der Waals surface area contributed by atoms with Crippen molar-refractivity contribution in [3.63, 3.8) is 0 Å². The molecule has 0 unspecified atom stereocenters. The van der Waals surface area contributed by atoms with Gasteiger partial charge in [-0.2, -0.15) is 0 Å². The van der Waals surface area contributed by atoms with Crippen LogP contribution in [0.25, 0.3) is 10.9 Å². The smallest absolute Gasteiger partial charge is 0.256 e. The zero-order chi connectivity index (χ0) is 18.9. The molecule has 6 heteroatoms. The van der Waals surface area contributed by atoms with Crippen LogP contribution in [0.4, 0.5) is 5.69 Å². The minimum Gasteiger partial charge on any atom is -0.356 e. The van der Waals surface area contributed by atoms with E-state index in [1.807, 2.05) is 36.4 Å². The molecule has 3 heterocycles. The maximum Gasteiger partial charge on any atom is 0.256 e. The summed E-state index contributed by atoms with van der Waals surface area (Å²) in [6, 6.07) is 15.7. The van der Waals surface area contributed by atoms with Crippen molar-refractivity contribution in [1.82, 2.24) is 9.88 Å². The topological polar surface area (TPSA) is 39.3 Å². The third-order valence-electron chi connectivity index (χ3n) is 5.72. The molecule has 1 atom stereocenters. The number of nitrogens with one attached hydrogen (secondary N) is 1. The summed E-state index contributed by atoms with van der Waals surface area (Å²) in [4.78, 5) is 20.7. The first-order valence-electron chi connectivity index (χ1n) is 8.92. The van der Waals surface area contributed by atoms with E-state index in [1.165, 1.54) is 10.9 Å². The number of aromatic nitrogens is 1. The van der Waals surface area contributed by atoms with Crippen molar-refractivity contribution in [2.75, 3.05) is 4.90 Å². The molecular weight excluding hydrogens is 422 g/mol. The Labute approximate surface area is 171 Å². The van der Waals surface area contributed by atoms with Gasteiger partial charge >= 0.3 is 0 Å². The Morgan fingerprint density at radius 2 is 1.85 bits per heavy atom. The first-order valence-corrected chi connectivity index (χ1v) is 10.1. The Bertz CT molecular complexity index is 1100. The van der Waals surface area contributed by atoms with Crippen LogP contribution in [-0.2, 0) is 16.8 Å². The van der Waals surface area contributed by atoms with Crippen LogP contribution in [0.3, 0.4) is 0 Å². The number of hydrogen-bond acceptors (Lipinski definition) is 2. The molecule has 0 bridgehead atoms. The Hall–Kier alpha value is -2.18. The van der Waals surface area contributed by atoms with Gasteiger partial charge < -0.3 is 9.88 Å². The quantitative estimate of drug-likeness (QED) is 0.557. The highest BCUT2D eigenvalue weighted by Crippen LogP contribution is 2.45. The van der Waals surface area contributed by atoms with Crippen molar-refractivity contribution in [3.05, 3.63) is 64.3 Å². The van der Waals surface area contributed by atoms with Gasteiger partial charge in [-0.25, -0.2) is 0 Å². The summed E-state index contributed by atoms with van der Waals surface area (Å²) in [6.07, 6.45) is 0.661. The number of H-pyrrole nitrogens is 1. The molecule has 27 heavy (non-hydrogen) atoms. The van der Waals surface area contributed by atoms with Crippen LogP contribution in [0.1, 0.15) is 25.1 Å². The fourth-order valence-electron chi connectivity index (χ4n) is 4.48. The van der Waals surface area contributed by atoms with E-state index in [4.69, 9.17) is 12.2 Å². The molecule has 0 spiro atoms. The number of hydrogen-bond donors (Lipinski definition) is 1. The maximum atomic E-state index is 13.4. The molecule has 1 saturated heterocycles. The van der Waals surface area contributed by atoms with Gasteiger partial charge in [0.25, 0.3) is 5.91 Å². The van der Waals surface area contributed by atoms with Crippen molar-refractivity contribution in [1.29, 1.82) is 0 Å². The normalized spacial score (nSPS) is 20.9. The van der Waals surface area contributed by atoms with Gasteiger partial charge in [-0.15, -0.1) is 0 Å². The van der Waals surface area contributed by atoms with Gasteiger partial charge in [0.2, 0.25) is 0 Å². The standard InChI is InChI=1S/C21H18BrN3OS/c1-21(2)18-15(14-5-3-4-6-16(14)23-18)11-17-19(26)24(20(27)25(17)21)13-9-7-12(22)8-10-13/h3-10,17,23H,11H2,1-2H3/t17-/m0/s1. The number of para-hydroxylation sites is 1. The van der Waals surface area contributed by atoms with E-state index in [9.17, 15) is 4.79 Å². The van der Waals surface area contributed by atoms with Gasteiger partial charge in [0.1, 0.15) is 6.04 Å². The van der Waals surface area contributed by atoms with E-state index < -0.39 is 5.54 Å². The average Bonchev–Trinajstić information content (AvgIpc) is 3.14. The van der Waals surface area contributed by atoms with Crippen molar-refractivity contribution in [2.45, 2.75) is 31.8 Å². The summed E-state index contributed by atoms with van der Waals surface area (Å²) >= 11 is 9.24. The number of anilines is 1. The average molecular weight is 440 g/mol. The second-order valence-corrected chi connectivity index (χ2v) is 8.89. The minimum atomic E-state index is -0.395. The molecule has 4 nitrogen and oxygen atoms in total. The van der Waals surface area contributed by atoms with Crippen molar-refractivity contribution < 1.29 is 4.79 Å². The summed E-state index contributed by atoms with van der Waals surface area (Å²) in [5.74, 6) is 0.0475. The van der Waals surface area contributed by atoms with Crippen LogP contribution < -0.4 is 4.90 Å². The van der Waals surface area contributed by atoms with Gasteiger partial charge in [0.05, 0.1) is 11.2 Å². The maximum absolute atomic E-state index is 13.4. The summed E-state index contributed by atoms with van der Waals surface area (Å²) in [5, 5.41) is 1.77. The Morgan fingerprint density at radius 1 is 1.15 bits per heavy atom. The number of thiocarbonyl (C=S) groups is 1. The summed E-state index contributed by atoms with van der Waals surface area (Å²) in [7, 11) is 0. The molecule has 5 rings (SSSR count). The molecule has 1 aromatic heterocycles. The number of carbonyl (C=O) groups is 1. The van der Waals surface area contributed by atoms with Crippen molar-refractivity contribution in [2.24, 2.45) is 0 Å². The Kier molecular flexibility index (Phi) is 3.55. The zero-order valence-corrected chi connectivity index (χ0v) is 17.4. The highest BCUT2D eigenvalue weighted by atomic mass is 79.9. The largest absolute Gasteiger partial charge is 0.356 e. The van der Waals surface area contributed by atoms with Crippen LogP contribution in [0.15, 0.2) is 53.0 Å². The number of nitrogens with zero attached hydrogens (tertiary/aromatic N) is 2. The number of fused-ring (bicyclic) bond motifs is 4. The fourth-order valence-corrected chi connectivity index (χ4v) is 5.29. The lowest BCUT2D eigenvalue weighted by Crippen LogP contribution is -2.52. The second kappa shape index (κ2) is 5.66. The third kappa shape index (κ3) is 2.26. The summed E-state index contributed by atoms with van der Waals surface area (Å²) < 4.78 is 0.975. The third-order valence-corrected chi connectivity index (χ3v) is 6.63. The number of carbonyl (C=O) groups excluding carboxylic acids is 1. The Balaban J connectivity index is 1.65. The lowest BCUT2D eigenvalue weighted by molar-refractivity contribution is -0.121. The lowest BCUT2D eigenvalue weighted by Gasteiger charge is -2.43. The van der Waals surface area contributed by atoms with Crippen LogP contribution in [-0.4, -0.2) is 26.9 Å². The summed E-state index contributed by atoms with van der Waals surface area (Å²) in [5.41, 5.74) is 3.90. The van der Waals surface area contributed by atoms with E-state index in [0.717, 1.165) is 21.4 Å². The zero-order valence-electron chi connectivity index (χ0n) is 15.0. The van der Waals surface area contributed by atoms with Gasteiger partial charge in [-0.3, -0.25) is 9.69 Å². The van der Waals surface area contributed by atoms with Crippen LogP contribution in [0, 0.1) is 0 Å². The molecule has 0 saturated carbocycles. The molecular formula is C21H18BrN3OS. The van der Waals surface area contributed by atoms with E-state index >= 15 is 0 Å². The number of aromatic amines is 1. The van der Waals surface area contributed by atoms with E-state index in [-0.39, 0.29) is 11.9 Å². The Morgan fingerprint density at radius 3 is 2.59 bits per heavy atom. The molecule has 0 aliphatic carbocycles. The highest BCUT2D eigenvalue weighted by molar-refractivity contribution is 9.10. The number of rotatable bonds is 1. The number of amides is 1. The van der Waals surface area contributed by atoms with Gasteiger partial charge in [0, 0.05) is 27.5 Å². The monoisotopic (exact) mass is 439 g/mol. The molecule has 2 aromatic carbocycles. The predicted molar refractivity (Wildman–Crippen MR) is 115 cm³/mol. The van der Waals surface area contributed by atoms with Crippen LogP contribution in [0.5, 0.6) is 0 Å². The van der Waals surface area contributed by atoms with E-state index in [1.54, 1.807) is 4.90 Å². The van der Waals surface area contributed by atoms with Gasteiger partial charge in [-0.1, -0.05) is 34.1 Å². The van der Waals surface area contributed by atoms with E-state index in [0.29, 0.717) is 11.5 Å². The highest BCUT2D eigenvalue weighted by Gasteiger charge is 2.53. The molecule has 136 valence electrons. The lowest BCUT2D eigenvalue weighted by atomic mass is 9.85. The van der Waals surface area contributed by atoms with Crippen LogP contribution >= 0.6 is 28.1 Å². The molecule has 1 amide bonds. The molecule has 2 aliphatic heterocycles. The van der Waals surface area contributed by atoms with E-state index in [2.05, 4.69) is 51.8 Å². The number of halogens is 1. The fraction of sp³-hybridized carbons (Fsp3) is 0.238. The molecule has 0 radical (unpaired) electrons. The SMILES string of the molecule is CC1(C)c2[nH]c3ccccc3c2C[C@H]2C(=O)N(c3ccc(Br)cc3)C(=S)N21. The first-order chi connectivity index (χ1) is 12.9.